The molecule has 1 aromatic carbocycles. The Hall–Kier alpha value is -1.38. The molecule has 1 rings (SSSR count). The fraction of sp³-hybridized carbons (Fsp3) is 0.500. The van der Waals surface area contributed by atoms with Gasteiger partial charge in [-0.2, -0.15) is 0 Å². The normalized spacial score (nSPS) is 12.3. The zero-order chi connectivity index (χ0) is 15.6. The van der Waals surface area contributed by atoms with Crippen LogP contribution in [0.3, 0.4) is 0 Å². The van der Waals surface area contributed by atoms with Crippen LogP contribution in [0.1, 0.15) is 13.8 Å². The monoisotopic (exact) mass is 307 g/mol. The first kappa shape index (κ1) is 16.7. The molecule has 0 aromatic heterocycles. The number of sulfonamides is 1. The van der Waals surface area contributed by atoms with Crippen molar-refractivity contribution in [2.45, 2.75) is 24.3 Å². The van der Waals surface area contributed by atoms with Crippen molar-refractivity contribution in [3.05, 3.63) is 17.9 Å². The molecule has 0 atom stereocenters. The van der Waals surface area contributed by atoms with Crippen LogP contribution < -0.4 is 14.2 Å². The van der Waals surface area contributed by atoms with Gasteiger partial charge in [-0.15, -0.1) is 0 Å². The Morgan fingerprint density at radius 2 is 1.75 bits per heavy atom. The Morgan fingerprint density at radius 3 is 2.20 bits per heavy atom. The van der Waals surface area contributed by atoms with Gasteiger partial charge in [0.25, 0.3) is 0 Å². The van der Waals surface area contributed by atoms with E-state index in [2.05, 4.69) is 4.72 Å². The van der Waals surface area contributed by atoms with Gasteiger partial charge < -0.3 is 14.6 Å². The Balaban J connectivity index is 3.18. The molecule has 0 aliphatic rings. The maximum absolute atomic E-state index is 13.9. The predicted octanol–water partition coefficient (Wildman–Crippen LogP) is 0.892. The first-order valence-corrected chi connectivity index (χ1v) is 7.22. The van der Waals surface area contributed by atoms with E-state index in [0.717, 1.165) is 12.1 Å². The molecular weight excluding hydrogens is 289 g/mol. The predicted molar refractivity (Wildman–Crippen MR) is 71.0 cm³/mol. The summed E-state index contributed by atoms with van der Waals surface area (Å²) in [4.78, 5) is -0.570. The maximum atomic E-state index is 13.9. The number of aliphatic hydroxyl groups is 1. The minimum atomic E-state index is -4.10. The van der Waals surface area contributed by atoms with Gasteiger partial charge in [-0.1, -0.05) is 0 Å². The van der Waals surface area contributed by atoms with Crippen molar-refractivity contribution >= 4 is 10.0 Å². The number of ether oxygens (including phenoxy) is 2. The molecule has 6 nitrogen and oxygen atoms in total. The van der Waals surface area contributed by atoms with Crippen molar-refractivity contribution in [1.82, 2.24) is 4.72 Å². The molecule has 0 heterocycles. The van der Waals surface area contributed by atoms with Gasteiger partial charge in [0.2, 0.25) is 10.0 Å². The molecule has 0 unspecified atom stereocenters. The quantitative estimate of drug-likeness (QED) is 0.815. The molecule has 2 N–H and O–H groups in total. The highest BCUT2D eigenvalue weighted by Gasteiger charge is 2.24. The summed E-state index contributed by atoms with van der Waals surface area (Å²) in [5.41, 5.74) is -1.25. The summed E-state index contributed by atoms with van der Waals surface area (Å²) >= 11 is 0. The third-order valence-corrected chi connectivity index (χ3v) is 3.84. The summed E-state index contributed by atoms with van der Waals surface area (Å²) < 4.78 is 49.8. The third kappa shape index (κ3) is 4.06. The van der Waals surface area contributed by atoms with Gasteiger partial charge in [-0.05, 0) is 13.8 Å². The molecule has 0 aliphatic heterocycles. The van der Waals surface area contributed by atoms with Gasteiger partial charge in [0.05, 0.1) is 19.8 Å². The second-order valence-corrected chi connectivity index (χ2v) is 6.51. The highest BCUT2D eigenvalue weighted by molar-refractivity contribution is 7.89. The van der Waals surface area contributed by atoms with E-state index in [4.69, 9.17) is 9.47 Å². The Kier molecular flexibility index (Phi) is 4.95. The van der Waals surface area contributed by atoms with E-state index in [1.54, 1.807) is 0 Å². The van der Waals surface area contributed by atoms with Crippen LogP contribution in [0.15, 0.2) is 17.0 Å². The van der Waals surface area contributed by atoms with Gasteiger partial charge in [0.1, 0.15) is 10.7 Å². The molecule has 0 amide bonds. The Labute approximate surface area is 117 Å². The van der Waals surface area contributed by atoms with Crippen molar-refractivity contribution in [3.8, 4) is 11.5 Å². The fourth-order valence-corrected chi connectivity index (χ4v) is 2.67. The number of nitrogens with one attached hydrogen (secondary N) is 1. The van der Waals surface area contributed by atoms with Gasteiger partial charge in [-0.3, -0.25) is 0 Å². The molecule has 0 radical (unpaired) electrons. The van der Waals surface area contributed by atoms with Crippen LogP contribution in [0.5, 0.6) is 11.5 Å². The molecule has 0 saturated heterocycles. The van der Waals surface area contributed by atoms with E-state index < -0.39 is 26.3 Å². The second kappa shape index (κ2) is 5.94. The van der Waals surface area contributed by atoms with E-state index in [-0.39, 0.29) is 18.0 Å². The highest BCUT2D eigenvalue weighted by Crippen LogP contribution is 2.31. The van der Waals surface area contributed by atoms with Gasteiger partial charge >= 0.3 is 0 Å². The van der Waals surface area contributed by atoms with E-state index in [1.807, 2.05) is 0 Å². The summed E-state index contributed by atoms with van der Waals surface area (Å²) in [6.45, 7) is 2.62. The number of hydrogen-bond acceptors (Lipinski definition) is 5. The second-order valence-electron chi connectivity index (χ2n) is 4.77. The lowest BCUT2D eigenvalue weighted by atomic mass is 10.1. The zero-order valence-electron chi connectivity index (χ0n) is 11.7. The number of halogens is 1. The molecule has 0 bridgehead atoms. The molecule has 0 fully saturated rings. The molecular formula is C12H18FNO5S. The summed E-state index contributed by atoms with van der Waals surface area (Å²) in [6, 6.07) is 1.96. The van der Waals surface area contributed by atoms with Gasteiger partial charge in [0, 0.05) is 18.7 Å². The first-order chi connectivity index (χ1) is 9.10. The summed E-state index contributed by atoms with van der Waals surface area (Å²) in [7, 11) is -1.47. The smallest absolute Gasteiger partial charge is 0.243 e. The van der Waals surface area contributed by atoms with Crippen molar-refractivity contribution < 1.29 is 27.4 Å². The third-order valence-electron chi connectivity index (χ3n) is 2.42. The topological polar surface area (TPSA) is 84.9 Å². The number of benzene rings is 1. The SMILES string of the molecule is COc1cc(F)c(S(=O)(=O)NCC(C)(C)O)cc1OC. The van der Waals surface area contributed by atoms with Gasteiger partial charge in [-0.25, -0.2) is 17.5 Å². The molecule has 8 heteroatoms. The minimum absolute atomic E-state index is 0.0893. The van der Waals surface area contributed by atoms with Crippen molar-refractivity contribution in [2.24, 2.45) is 0 Å². The lowest BCUT2D eigenvalue weighted by molar-refractivity contribution is 0.0857. The zero-order valence-corrected chi connectivity index (χ0v) is 12.5. The molecule has 0 spiro atoms. The molecule has 1 aromatic rings. The van der Waals surface area contributed by atoms with Crippen LogP contribution >= 0.6 is 0 Å². The number of rotatable bonds is 6. The largest absolute Gasteiger partial charge is 0.493 e. The highest BCUT2D eigenvalue weighted by atomic mass is 32.2. The number of hydrogen-bond donors (Lipinski definition) is 2. The molecule has 0 aliphatic carbocycles. The maximum Gasteiger partial charge on any atom is 0.243 e. The average Bonchev–Trinajstić information content (AvgIpc) is 2.35. The standard InChI is InChI=1S/C12H18FNO5S/c1-12(2,15)7-14-20(16,17)11-6-10(19-4)9(18-3)5-8(11)13/h5-6,14-15H,7H2,1-4H3. The van der Waals surface area contributed by atoms with E-state index in [1.165, 1.54) is 28.1 Å². The fourth-order valence-electron chi connectivity index (χ4n) is 1.39. The van der Waals surface area contributed by atoms with Crippen LogP contribution in [0.4, 0.5) is 4.39 Å². The lowest BCUT2D eigenvalue weighted by Crippen LogP contribution is -2.38. The van der Waals surface area contributed by atoms with E-state index in [0.29, 0.717) is 0 Å². The van der Waals surface area contributed by atoms with Crippen LogP contribution in [-0.2, 0) is 10.0 Å². The molecule has 20 heavy (non-hydrogen) atoms. The van der Waals surface area contributed by atoms with Crippen molar-refractivity contribution in [2.75, 3.05) is 20.8 Å². The van der Waals surface area contributed by atoms with Crippen molar-refractivity contribution in [3.63, 3.8) is 0 Å². The molecule has 114 valence electrons. The Morgan fingerprint density at radius 1 is 1.25 bits per heavy atom. The van der Waals surface area contributed by atoms with Crippen LogP contribution in [0.2, 0.25) is 0 Å². The van der Waals surface area contributed by atoms with Gasteiger partial charge in [0.15, 0.2) is 11.5 Å². The Bertz CT molecular complexity index is 580. The van der Waals surface area contributed by atoms with Crippen LogP contribution in [-0.4, -0.2) is 39.9 Å². The number of methoxy groups -OCH3 is 2. The summed E-state index contributed by atoms with van der Waals surface area (Å²) in [6.07, 6.45) is 0. The van der Waals surface area contributed by atoms with Crippen molar-refractivity contribution in [1.29, 1.82) is 0 Å². The summed E-state index contributed by atoms with van der Waals surface area (Å²) in [5.74, 6) is -0.783. The lowest BCUT2D eigenvalue weighted by Gasteiger charge is -2.18. The van der Waals surface area contributed by atoms with Crippen LogP contribution in [0.25, 0.3) is 0 Å². The molecule has 0 saturated carbocycles. The van der Waals surface area contributed by atoms with Crippen LogP contribution in [0, 0.1) is 5.82 Å². The van der Waals surface area contributed by atoms with E-state index in [9.17, 15) is 17.9 Å². The average molecular weight is 307 g/mol. The summed E-state index contributed by atoms with van der Waals surface area (Å²) in [5, 5.41) is 9.51. The first-order valence-electron chi connectivity index (χ1n) is 5.74. The minimum Gasteiger partial charge on any atom is -0.493 e. The van der Waals surface area contributed by atoms with E-state index >= 15 is 0 Å².